The topological polar surface area (TPSA) is 88.9 Å². The van der Waals surface area contributed by atoms with Crippen LogP contribution in [-0.4, -0.2) is 14.9 Å². The standard InChI is InChI=1S/C13H9F2N3O3/c14-7-4-5-9(18(20)21)11(15)10(7)12-16-8-3-1-2-6(8)13(19)17-12/h4-5H,1-3H2,(H,16,17,19). The second-order valence-electron chi connectivity index (χ2n) is 4.71. The molecule has 0 saturated heterocycles. The number of fused-ring (bicyclic) bond motifs is 1. The van der Waals surface area contributed by atoms with Gasteiger partial charge in [-0.15, -0.1) is 0 Å². The number of aromatic amines is 1. The van der Waals surface area contributed by atoms with Crippen molar-refractivity contribution in [2.24, 2.45) is 0 Å². The average molecular weight is 293 g/mol. The van der Waals surface area contributed by atoms with Gasteiger partial charge in [0.2, 0.25) is 5.82 Å². The molecule has 3 rings (SSSR count). The number of nitro benzene ring substituents is 1. The fourth-order valence-corrected chi connectivity index (χ4v) is 2.46. The first-order valence-electron chi connectivity index (χ1n) is 6.24. The summed E-state index contributed by atoms with van der Waals surface area (Å²) in [6.07, 6.45) is 1.86. The van der Waals surface area contributed by atoms with Gasteiger partial charge in [-0.25, -0.2) is 9.37 Å². The van der Waals surface area contributed by atoms with E-state index in [1.165, 1.54) is 0 Å². The number of hydrogen-bond donors (Lipinski definition) is 1. The lowest BCUT2D eigenvalue weighted by Gasteiger charge is -2.06. The molecule has 1 heterocycles. The molecule has 0 atom stereocenters. The lowest BCUT2D eigenvalue weighted by molar-refractivity contribution is -0.387. The molecule has 0 aliphatic heterocycles. The highest BCUT2D eigenvalue weighted by molar-refractivity contribution is 5.62. The zero-order valence-electron chi connectivity index (χ0n) is 10.7. The number of H-pyrrole nitrogens is 1. The van der Waals surface area contributed by atoms with E-state index in [9.17, 15) is 23.7 Å². The van der Waals surface area contributed by atoms with E-state index >= 15 is 0 Å². The third-order valence-corrected chi connectivity index (χ3v) is 3.45. The van der Waals surface area contributed by atoms with Crippen LogP contribution in [0.25, 0.3) is 11.4 Å². The van der Waals surface area contributed by atoms with Gasteiger partial charge in [0.05, 0.1) is 16.2 Å². The van der Waals surface area contributed by atoms with E-state index in [1.54, 1.807) is 0 Å². The Morgan fingerprint density at radius 3 is 2.76 bits per heavy atom. The number of rotatable bonds is 2. The van der Waals surface area contributed by atoms with Gasteiger partial charge >= 0.3 is 5.69 Å². The Hall–Kier alpha value is -2.64. The molecule has 0 amide bonds. The second-order valence-corrected chi connectivity index (χ2v) is 4.71. The number of aromatic nitrogens is 2. The number of nitrogens with zero attached hydrogens (tertiary/aromatic N) is 2. The van der Waals surface area contributed by atoms with Gasteiger partial charge in [-0.2, -0.15) is 4.39 Å². The predicted octanol–water partition coefficient (Wildman–Crippen LogP) is 2.11. The van der Waals surface area contributed by atoms with Crippen molar-refractivity contribution in [2.75, 3.05) is 0 Å². The molecule has 0 spiro atoms. The van der Waals surface area contributed by atoms with Crippen LogP contribution in [-0.2, 0) is 12.8 Å². The van der Waals surface area contributed by atoms with Crippen LogP contribution >= 0.6 is 0 Å². The molecular weight excluding hydrogens is 284 g/mol. The Morgan fingerprint density at radius 1 is 1.29 bits per heavy atom. The second kappa shape index (κ2) is 4.72. The summed E-state index contributed by atoms with van der Waals surface area (Å²) in [6.45, 7) is 0. The first-order valence-corrected chi connectivity index (χ1v) is 6.24. The summed E-state index contributed by atoms with van der Waals surface area (Å²) < 4.78 is 27.9. The number of hydrogen-bond acceptors (Lipinski definition) is 4. The molecule has 8 heteroatoms. The zero-order chi connectivity index (χ0) is 15.1. The normalized spacial score (nSPS) is 13.2. The van der Waals surface area contributed by atoms with Crippen molar-refractivity contribution in [3.8, 4) is 11.4 Å². The van der Waals surface area contributed by atoms with Crippen molar-refractivity contribution in [3.63, 3.8) is 0 Å². The summed E-state index contributed by atoms with van der Waals surface area (Å²) in [6, 6.07) is 1.52. The first-order chi connectivity index (χ1) is 9.99. The van der Waals surface area contributed by atoms with Gasteiger partial charge in [0.15, 0.2) is 0 Å². The van der Waals surface area contributed by atoms with Crippen LogP contribution < -0.4 is 5.56 Å². The highest BCUT2D eigenvalue weighted by atomic mass is 19.1. The van der Waals surface area contributed by atoms with Crippen LogP contribution in [0.3, 0.4) is 0 Å². The SMILES string of the molecule is O=c1[nH]c(-c2c(F)ccc([N+](=O)[O-])c2F)nc2c1CCC2. The number of halogens is 2. The molecule has 0 saturated carbocycles. The van der Waals surface area contributed by atoms with E-state index in [2.05, 4.69) is 9.97 Å². The number of nitro groups is 1. The first kappa shape index (κ1) is 13.3. The van der Waals surface area contributed by atoms with Crippen LogP contribution in [0.1, 0.15) is 17.7 Å². The van der Waals surface area contributed by atoms with Gasteiger partial charge in [0.1, 0.15) is 11.6 Å². The van der Waals surface area contributed by atoms with E-state index in [0.29, 0.717) is 24.1 Å². The number of nitrogens with one attached hydrogen (secondary N) is 1. The van der Waals surface area contributed by atoms with Gasteiger partial charge < -0.3 is 4.98 Å². The zero-order valence-corrected chi connectivity index (χ0v) is 10.7. The van der Waals surface area contributed by atoms with Crippen molar-refractivity contribution < 1.29 is 13.7 Å². The molecule has 0 bridgehead atoms. The summed E-state index contributed by atoms with van der Waals surface area (Å²) in [5.41, 5.74) is -1.02. The molecule has 1 aliphatic carbocycles. The van der Waals surface area contributed by atoms with Gasteiger partial charge in [0.25, 0.3) is 5.56 Å². The molecule has 2 aromatic rings. The van der Waals surface area contributed by atoms with Crippen LogP contribution in [0.5, 0.6) is 0 Å². The van der Waals surface area contributed by atoms with Gasteiger partial charge in [-0.1, -0.05) is 0 Å². The van der Waals surface area contributed by atoms with E-state index in [4.69, 9.17) is 0 Å². The molecule has 1 aromatic carbocycles. The largest absolute Gasteiger partial charge is 0.306 e. The van der Waals surface area contributed by atoms with Crippen molar-refractivity contribution in [1.29, 1.82) is 0 Å². The van der Waals surface area contributed by atoms with Crippen LogP contribution in [0.2, 0.25) is 0 Å². The van der Waals surface area contributed by atoms with Crippen LogP contribution in [0, 0.1) is 21.7 Å². The van der Waals surface area contributed by atoms with E-state index in [1.807, 2.05) is 0 Å². The highest BCUT2D eigenvalue weighted by Gasteiger charge is 2.26. The van der Waals surface area contributed by atoms with E-state index < -0.39 is 33.4 Å². The van der Waals surface area contributed by atoms with Gasteiger partial charge in [-0.05, 0) is 25.3 Å². The summed E-state index contributed by atoms with van der Waals surface area (Å²) in [7, 11) is 0. The lowest BCUT2D eigenvalue weighted by Crippen LogP contribution is -2.16. The molecule has 1 N–H and O–H groups in total. The molecule has 1 aliphatic rings. The summed E-state index contributed by atoms with van der Waals surface area (Å²) in [4.78, 5) is 28.0. The summed E-state index contributed by atoms with van der Waals surface area (Å²) in [5.74, 6) is -2.68. The monoisotopic (exact) mass is 293 g/mol. The minimum Gasteiger partial charge on any atom is -0.306 e. The molecular formula is C13H9F2N3O3. The molecule has 108 valence electrons. The Balaban J connectivity index is 2.26. The van der Waals surface area contributed by atoms with Crippen molar-refractivity contribution in [1.82, 2.24) is 9.97 Å². The Morgan fingerprint density at radius 2 is 2.05 bits per heavy atom. The fraction of sp³-hybridized carbons (Fsp3) is 0.231. The summed E-state index contributed by atoms with van der Waals surface area (Å²) >= 11 is 0. The van der Waals surface area contributed by atoms with Crippen LogP contribution in [0.4, 0.5) is 14.5 Å². The Kier molecular flexibility index (Phi) is 3.00. The quantitative estimate of drug-likeness (QED) is 0.678. The Bertz CT molecular complexity index is 817. The molecule has 0 fully saturated rings. The average Bonchev–Trinajstić information content (AvgIpc) is 2.87. The van der Waals surface area contributed by atoms with E-state index in [0.717, 1.165) is 18.6 Å². The van der Waals surface area contributed by atoms with Gasteiger partial charge in [-0.3, -0.25) is 14.9 Å². The molecule has 6 nitrogen and oxygen atoms in total. The highest BCUT2D eigenvalue weighted by Crippen LogP contribution is 2.30. The Labute approximate surface area is 116 Å². The van der Waals surface area contributed by atoms with E-state index in [-0.39, 0.29) is 5.82 Å². The molecule has 1 aromatic heterocycles. The molecule has 0 unspecified atom stereocenters. The minimum absolute atomic E-state index is 0.320. The van der Waals surface area contributed by atoms with Crippen molar-refractivity contribution in [2.45, 2.75) is 19.3 Å². The fourth-order valence-electron chi connectivity index (χ4n) is 2.46. The van der Waals surface area contributed by atoms with Crippen LogP contribution in [0.15, 0.2) is 16.9 Å². The third-order valence-electron chi connectivity index (χ3n) is 3.45. The minimum atomic E-state index is -1.35. The number of aryl methyl sites for hydroxylation is 1. The number of benzene rings is 1. The maximum absolute atomic E-state index is 14.1. The van der Waals surface area contributed by atoms with Gasteiger partial charge in [0, 0.05) is 11.6 Å². The van der Waals surface area contributed by atoms with Crippen molar-refractivity contribution in [3.05, 3.63) is 55.5 Å². The maximum atomic E-state index is 14.1. The summed E-state index contributed by atoms with van der Waals surface area (Å²) in [5, 5.41) is 10.7. The van der Waals surface area contributed by atoms with Crippen molar-refractivity contribution >= 4 is 5.69 Å². The predicted molar refractivity (Wildman–Crippen MR) is 68.9 cm³/mol. The smallest absolute Gasteiger partial charge is 0.305 e. The molecule has 0 radical (unpaired) electrons. The molecule has 21 heavy (non-hydrogen) atoms. The third kappa shape index (κ3) is 2.08. The maximum Gasteiger partial charge on any atom is 0.305 e. The lowest BCUT2D eigenvalue weighted by atomic mass is 10.1.